The van der Waals surface area contributed by atoms with Crippen molar-refractivity contribution in [3.63, 3.8) is 0 Å². The second-order valence-corrected chi connectivity index (χ2v) is 6.17. The molecule has 2 rings (SSSR count). The molecule has 1 aliphatic rings. The molecule has 1 unspecified atom stereocenters. The molecule has 96 valence electrons. The first-order valence-electron chi connectivity index (χ1n) is 5.33. The van der Waals surface area contributed by atoms with Gasteiger partial charge >= 0.3 is 0 Å². The van der Waals surface area contributed by atoms with Gasteiger partial charge in [-0.15, -0.1) is 0 Å². The number of hydrogen-bond acceptors (Lipinski definition) is 5. The average molecular weight is 268 g/mol. The van der Waals surface area contributed by atoms with Crippen molar-refractivity contribution >= 4 is 21.5 Å². The van der Waals surface area contributed by atoms with Crippen molar-refractivity contribution in [3.05, 3.63) is 35.9 Å². The van der Waals surface area contributed by atoms with Crippen LogP contribution in [0.15, 0.2) is 30.3 Å². The van der Waals surface area contributed by atoms with Crippen molar-refractivity contribution < 1.29 is 18.0 Å². The van der Waals surface area contributed by atoms with Gasteiger partial charge in [0, 0.05) is 12.0 Å². The maximum Gasteiger partial charge on any atom is 0.249 e. The van der Waals surface area contributed by atoms with Gasteiger partial charge in [-0.3, -0.25) is 15.0 Å². The summed E-state index contributed by atoms with van der Waals surface area (Å²) in [6.07, 6.45) is -0.202. The van der Waals surface area contributed by atoms with Gasteiger partial charge in [-0.25, -0.2) is 13.8 Å². The number of benzene rings is 1. The molecule has 1 saturated heterocycles. The van der Waals surface area contributed by atoms with Gasteiger partial charge in [0.25, 0.3) is 0 Å². The number of hydrazine groups is 1. The van der Waals surface area contributed by atoms with Gasteiger partial charge in [0.15, 0.2) is 15.6 Å². The Morgan fingerprint density at radius 2 is 1.94 bits per heavy atom. The third-order valence-electron chi connectivity index (χ3n) is 2.60. The normalized spacial score (nSPS) is 22.2. The smallest absolute Gasteiger partial charge is 0.249 e. The Labute approximate surface area is 104 Å². The van der Waals surface area contributed by atoms with Gasteiger partial charge in [-0.2, -0.15) is 0 Å². The number of carbonyl (C=O) groups excluding carboxylic acids is 2. The molecule has 1 heterocycles. The highest BCUT2D eigenvalue weighted by atomic mass is 32.2. The Balaban J connectivity index is 2.11. The Morgan fingerprint density at radius 1 is 1.28 bits per heavy atom. The maximum absolute atomic E-state index is 11.9. The van der Waals surface area contributed by atoms with Crippen molar-refractivity contribution in [1.82, 2.24) is 10.9 Å². The van der Waals surface area contributed by atoms with Crippen LogP contribution in [0.3, 0.4) is 0 Å². The van der Waals surface area contributed by atoms with E-state index in [1.807, 2.05) is 0 Å². The van der Waals surface area contributed by atoms with Crippen LogP contribution < -0.4 is 10.9 Å². The largest absolute Gasteiger partial charge is 0.294 e. The average Bonchev–Trinajstić information content (AvgIpc) is 2.33. The van der Waals surface area contributed by atoms with Crippen LogP contribution >= 0.6 is 0 Å². The molecule has 1 fully saturated rings. The van der Waals surface area contributed by atoms with Crippen LogP contribution in [0.1, 0.15) is 16.8 Å². The zero-order chi connectivity index (χ0) is 13.2. The van der Waals surface area contributed by atoms with Crippen molar-refractivity contribution in [3.8, 4) is 0 Å². The van der Waals surface area contributed by atoms with E-state index in [1.165, 1.54) is 0 Å². The molecule has 1 atom stereocenters. The Hall–Kier alpha value is -1.73. The third kappa shape index (κ3) is 2.74. The number of amides is 1. The van der Waals surface area contributed by atoms with Crippen LogP contribution in [0.2, 0.25) is 0 Å². The molecule has 0 aliphatic carbocycles. The predicted molar refractivity (Wildman–Crippen MR) is 64.2 cm³/mol. The van der Waals surface area contributed by atoms with E-state index in [4.69, 9.17) is 0 Å². The summed E-state index contributed by atoms with van der Waals surface area (Å²) < 4.78 is 23.4. The molecule has 0 spiro atoms. The number of sulfone groups is 1. The zero-order valence-electron chi connectivity index (χ0n) is 9.42. The minimum atomic E-state index is -3.62. The molecule has 1 aromatic rings. The fourth-order valence-electron chi connectivity index (χ4n) is 1.66. The van der Waals surface area contributed by atoms with Gasteiger partial charge in [0.05, 0.1) is 0 Å². The minimum absolute atomic E-state index is 0.202. The van der Waals surface area contributed by atoms with Gasteiger partial charge in [-0.1, -0.05) is 30.3 Å². The first-order valence-corrected chi connectivity index (χ1v) is 7.05. The molecule has 2 N–H and O–H groups in total. The van der Waals surface area contributed by atoms with Crippen molar-refractivity contribution in [2.75, 3.05) is 5.75 Å². The van der Waals surface area contributed by atoms with E-state index in [9.17, 15) is 18.0 Å². The number of carbonyl (C=O) groups is 2. The molecular weight excluding hydrogens is 256 g/mol. The number of Topliss-reactive ketones (excluding diaryl/α,β-unsaturated/α-hetero) is 1. The van der Waals surface area contributed by atoms with Gasteiger partial charge in [0.2, 0.25) is 5.91 Å². The highest BCUT2D eigenvalue weighted by Crippen LogP contribution is 2.12. The molecule has 1 aromatic carbocycles. The molecule has 0 aromatic heterocycles. The van der Waals surface area contributed by atoms with Crippen molar-refractivity contribution in [1.29, 1.82) is 0 Å². The summed E-state index contributed by atoms with van der Waals surface area (Å²) in [5.41, 5.74) is 5.03. The SMILES string of the molecule is O=C1CS(=O)(=O)C(CC(=O)c2ccccc2)NN1. The van der Waals surface area contributed by atoms with E-state index in [0.717, 1.165) is 0 Å². The lowest BCUT2D eigenvalue weighted by molar-refractivity contribution is -0.120. The Kier molecular flexibility index (Phi) is 3.44. The number of ketones is 1. The quantitative estimate of drug-likeness (QED) is 0.730. The molecular formula is C11H12N2O4S. The summed E-state index contributed by atoms with van der Waals surface area (Å²) in [4.78, 5) is 22.8. The van der Waals surface area contributed by atoms with E-state index in [1.54, 1.807) is 30.3 Å². The molecule has 18 heavy (non-hydrogen) atoms. The molecule has 0 saturated carbocycles. The molecule has 1 amide bonds. The number of hydrogen-bond donors (Lipinski definition) is 2. The summed E-state index contributed by atoms with van der Waals surface area (Å²) in [5, 5.41) is -1.07. The maximum atomic E-state index is 11.9. The van der Waals surface area contributed by atoms with Crippen molar-refractivity contribution in [2.24, 2.45) is 0 Å². The molecule has 1 aliphatic heterocycles. The van der Waals surface area contributed by atoms with Crippen LogP contribution in [0.4, 0.5) is 0 Å². The highest BCUT2D eigenvalue weighted by Gasteiger charge is 2.34. The zero-order valence-corrected chi connectivity index (χ0v) is 10.2. The van der Waals surface area contributed by atoms with Crippen molar-refractivity contribution in [2.45, 2.75) is 11.8 Å². The van der Waals surface area contributed by atoms with Crippen LogP contribution in [0.5, 0.6) is 0 Å². The highest BCUT2D eigenvalue weighted by molar-refractivity contribution is 7.92. The molecule has 0 radical (unpaired) electrons. The summed E-state index contributed by atoms with van der Waals surface area (Å²) in [7, 11) is -3.62. The van der Waals surface area contributed by atoms with E-state index < -0.39 is 26.9 Å². The molecule has 7 heteroatoms. The van der Waals surface area contributed by atoms with Crippen LogP contribution in [-0.2, 0) is 14.6 Å². The minimum Gasteiger partial charge on any atom is -0.294 e. The Bertz CT molecular complexity index is 568. The second kappa shape index (κ2) is 4.87. The second-order valence-electron chi connectivity index (χ2n) is 3.98. The fourth-order valence-corrected chi connectivity index (χ4v) is 2.94. The van der Waals surface area contributed by atoms with Gasteiger partial charge in [-0.05, 0) is 0 Å². The first-order chi connectivity index (χ1) is 8.49. The third-order valence-corrected chi connectivity index (χ3v) is 4.42. The predicted octanol–water partition coefficient (Wildman–Crippen LogP) is -0.365. The van der Waals surface area contributed by atoms with Crippen LogP contribution in [0.25, 0.3) is 0 Å². The summed E-state index contributed by atoms with van der Waals surface area (Å²) in [6.45, 7) is 0. The number of nitrogens with one attached hydrogen (secondary N) is 2. The standard InChI is InChI=1S/C11H12N2O4S/c14-9(8-4-2-1-3-5-8)6-11-13-12-10(15)7-18(11,16)17/h1-5,11,13H,6-7H2,(H,12,15). The topological polar surface area (TPSA) is 92.3 Å². The van der Waals surface area contributed by atoms with E-state index >= 15 is 0 Å². The van der Waals surface area contributed by atoms with Crippen LogP contribution in [0, 0.1) is 0 Å². The molecule has 6 nitrogen and oxygen atoms in total. The Morgan fingerprint density at radius 3 is 2.56 bits per heavy atom. The van der Waals surface area contributed by atoms with Gasteiger partial charge < -0.3 is 0 Å². The summed E-state index contributed by atoms with van der Waals surface area (Å²) in [5.74, 6) is -1.49. The van der Waals surface area contributed by atoms with E-state index in [0.29, 0.717) is 5.56 Å². The summed E-state index contributed by atoms with van der Waals surface area (Å²) in [6, 6.07) is 8.43. The van der Waals surface area contributed by atoms with E-state index in [-0.39, 0.29) is 12.2 Å². The lowest BCUT2D eigenvalue weighted by Gasteiger charge is -2.23. The number of rotatable bonds is 3. The van der Waals surface area contributed by atoms with Gasteiger partial charge in [0.1, 0.15) is 11.1 Å². The lowest BCUT2D eigenvalue weighted by atomic mass is 10.1. The van der Waals surface area contributed by atoms with E-state index in [2.05, 4.69) is 10.9 Å². The lowest BCUT2D eigenvalue weighted by Crippen LogP contribution is -2.57. The first kappa shape index (κ1) is 12.7. The van der Waals surface area contributed by atoms with Crippen LogP contribution in [-0.4, -0.2) is 31.2 Å². The fraction of sp³-hybridized carbons (Fsp3) is 0.273. The monoisotopic (exact) mass is 268 g/mol. The summed E-state index contributed by atoms with van der Waals surface area (Å²) >= 11 is 0. The molecule has 0 bridgehead atoms.